The van der Waals surface area contributed by atoms with E-state index in [1.54, 1.807) is 13.8 Å². The molecule has 0 aromatic carbocycles. The molecule has 0 saturated heterocycles. The molecule has 0 aromatic rings. The summed E-state index contributed by atoms with van der Waals surface area (Å²) in [6.45, 7) is 5.67. The summed E-state index contributed by atoms with van der Waals surface area (Å²) in [7, 11) is 0. The first kappa shape index (κ1) is 16.3. The molecule has 2 N–H and O–H groups in total. The van der Waals surface area contributed by atoms with Gasteiger partial charge >= 0.3 is 0 Å². The lowest BCUT2D eigenvalue weighted by Crippen LogP contribution is -1.57. The third kappa shape index (κ3) is 947. The summed E-state index contributed by atoms with van der Waals surface area (Å²) in [4.78, 5) is 9.17. The molecule has 0 amide bonds. The first-order chi connectivity index (χ1) is 4.74. The molecule has 0 aromatic heterocycles. The third-order valence-electron chi connectivity index (χ3n) is 0.167. The van der Waals surface area contributed by atoms with Gasteiger partial charge < -0.3 is 15.0 Å². The average Bonchev–Trinajstić information content (AvgIpc) is 1.91. The molecule has 3 nitrogen and oxygen atoms in total. The van der Waals surface area contributed by atoms with Crippen molar-refractivity contribution in [3.8, 4) is 0 Å². The molecule has 0 bridgehead atoms. The fourth-order valence-electron chi connectivity index (χ4n) is 0. The highest BCUT2D eigenvalue weighted by Gasteiger charge is 1.52. The summed E-state index contributed by atoms with van der Waals surface area (Å²) in [6, 6.07) is 0. The summed E-state index contributed by atoms with van der Waals surface area (Å²) in [6.07, 6.45) is 1.51. The summed E-state index contributed by atoms with van der Waals surface area (Å²) >= 11 is 0. The van der Waals surface area contributed by atoms with Gasteiger partial charge in [-0.05, 0) is 13.8 Å². The Morgan fingerprint density at radius 2 is 1.20 bits per heavy atom. The number of hydrogen-bond donors (Lipinski definition) is 2. The van der Waals surface area contributed by atoms with Gasteiger partial charge in [-0.1, -0.05) is 6.92 Å². The Balaban J connectivity index is -0.0000000750. The van der Waals surface area contributed by atoms with Crippen LogP contribution in [0.3, 0.4) is 0 Å². The molecule has 0 heterocycles. The fourth-order valence-corrected chi connectivity index (χ4v) is 0. The molecule has 0 spiro atoms. The SMILES string of the molecule is CCC=O.CCO.CCO. The number of hydrogen-bond acceptors (Lipinski definition) is 3. The number of carbonyl (C=O) groups is 1. The molecule has 10 heavy (non-hydrogen) atoms. The van der Waals surface area contributed by atoms with Crippen LogP contribution in [-0.2, 0) is 4.79 Å². The smallest absolute Gasteiger partial charge is 0.119 e. The van der Waals surface area contributed by atoms with Crippen molar-refractivity contribution in [1.29, 1.82) is 0 Å². The van der Waals surface area contributed by atoms with Gasteiger partial charge in [-0.15, -0.1) is 0 Å². The number of aliphatic hydroxyl groups is 2. The van der Waals surface area contributed by atoms with Gasteiger partial charge in [-0.2, -0.15) is 0 Å². The van der Waals surface area contributed by atoms with Crippen LogP contribution in [0.1, 0.15) is 27.2 Å². The lowest BCUT2D eigenvalue weighted by atomic mass is 10.6. The number of rotatable bonds is 1. The standard InChI is InChI=1S/C3H6O.2C2H6O/c1-2-3-4;2*1-2-3/h3H,2H2,1H3;2*3H,2H2,1H3. The van der Waals surface area contributed by atoms with E-state index in [0.29, 0.717) is 6.42 Å². The van der Waals surface area contributed by atoms with E-state index in [1.165, 1.54) is 0 Å². The highest BCUT2D eigenvalue weighted by atomic mass is 16.3. The molecule has 0 aliphatic heterocycles. The number of aliphatic hydroxyl groups excluding tert-OH is 2. The van der Waals surface area contributed by atoms with Crippen molar-refractivity contribution in [3.63, 3.8) is 0 Å². The largest absolute Gasteiger partial charge is 0.397 e. The Kier molecular flexibility index (Phi) is 62.6. The molecule has 0 fully saturated rings. The van der Waals surface area contributed by atoms with Crippen molar-refractivity contribution in [2.75, 3.05) is 13.2 Å². The zero-order valence-corrected chi connectivity index (χ0v) is 7.00. The average molecular weight is 150 g/mol. The molecule has 0 atom stereocenters. The lowest BCUT2D eigenvalue weighted by molar-refractivity contribution is -0.107. The summed E-state index contributed by atoms with van der Waals surface area (Å²) in [5.74, 6) is 0. The summed E-state index contributed by atoms with van der Waals surface area (Å²) in [5.41, 5.74) is 0. The zero-order chi connectivity index (χ0) is 8.83. The van der Waals surface area contributed by atoms with Gasteiger partial charge in [-0.25, -0.2) is 0 Å². The highest BCUT2D eigenvalue weighted by Crippen LogP contribution is 1.53. The van der Waals surface area contributed by atoms with Crippen LogP contribution in [0.2, 0.25) is 0 Å². The second-order valence-electron chi connectivity index (χ2n) is 1.21. The van der Waals surface area contributed by atoms with Crippen molar-refractivity contribution < 1.29 is 15.0 Å². The Bertz CT molecular complexity index is 35.8. The van der Waals surface area contributed by atoms with Crippen LogP contribution in [0.4, 0.5) is 0 Å². The molecule has 0 unspecified atom stereocenters. The van der Waals surface area contributed by atoms with Crippen LogP contribution in [0.15, 0.2) is 0 Å². The molecular formula is C7H18O3. The van der Waals surface area contributed by atoms with Crippen LogP contribution >= 0.6 is 0 Å². The molecule has 0 radical (unpaired) electrons. The second kappa shape index (κ2) is 38.4. The molecular weight excluding hydrogens is 132 g/mol. The summed E-state index contributed by atoms with van der Waals surface area (Å²) < 4.78 is 0. The molecule has 3 heteroatoms. The Labute approximate surface area is 62.7 Å². The second-order valence-corrected chi connectivity index (χ2v) is 1.21. The first-order valence-corrected chi connectivity index (χ1v) is 3.40. The lowest BCUT2D eigenvalue weighted by Gasteiger charge is -1.52. The molecule has 64 valence electrons. The minimum Gasteiger partial charge on any atom is -0.397 e. The number of carbonyl (C=O) groups excluding carboxylic acids is 1. The molecule has 0 rings (SSSR count). The monoisotopic (exact) mass is 150 g/mol. The zero-order valence-electron chi connectivity index (χ0n) is 7.00. The maximum absolute atomic E-state index is 9.17. The Morgan fingerprint density at radius 3 is 1.20 bits per heavy atom. The highest BCUT2D eigenvalue weighted by molar-refractivity contribution is 5.48. The van der Waals surface area contributed by atoms with Crippen LogP contribution < -0.4 is 0 Å². The maximum Gasteiger partial charge on any atom is 0.119 e. The predicted molar refractivity (Wildman–Crippen MR) is 41.9 cm³/mol. The predicted octanol–water partition coefficient (Wildman–Crippen LogP) is 0.593. The van der Waals surface area contributed by atoms with E-state index < -0.39 is 0 Å². The van der Waals surface area contributed by atoms with Crippen LogP contribution in [0.5, 0.6) is 0 Å². The van der Waals surface area contributed by atoms with E-state index in [0.717, 1.165) is 6.29 Å². The van der Waals surface area contributed by atoms with E-state index in [9.17, 15) is 4.79 Å². The van der Waals surface area contributed by atoms with Crippen LogP contribution in [-0.4, -0.2) is 29.7 Å². The third-order valence-corrected chi connectivity index (χ3v) is 0.167. The van der Waals surface area contributed by atoms with E-state index >= 15 is 0 Å². The van der Waals surface area contributed by atoms with Gasteiger partial charge in [0.05, 0.1) is 0 Å². The Morgan fingerprint density at radius 1 is 1.10 bits per heavy atom. The Hall–Kier alpha value is -0.410. The quantitative estimate of drug-likeness (QED) is 0.538. The number of aldehydes is 1. The van der Waals surface area contributed by atoms with Crippen molar-refractivity contribution in [2.24, 2.45) is 0 Å². The van der Waals surface area contributed by atoms with E-state index in [2.05, 4.69) is 0 Å². The minimum absolute atomic E-state index is 0.250. The van der Waals surface area contributed by atoms with Crippen molar-refractivity contribution >= 4 is 6.29 Å². The van der Waals surface area contributed by atoms with Gasteiger partial charge in [0.15, 0.2) is 0 Å². The van der Waals surface area contributed by atoms with Crippen molar-refractivity contribution in [3.05, 3.63) is 0 Å². The van der Waals surface area contributed by atoms with Gasteiger partial charge in [0.2, 0.25) is 0 Å². The fraction of sp³-hybridized carbons (Fsp3) is 0.857. The van der Waals surface area contributed by atoms with Crippen LogP contribution in [0.25, 0.3) is 0 Å². The van der Waals surface area contributed by atoms with E-state index in [1.807, 2.05) is 6.92 Å². The molecule has 0 aliphatic carbocycles. The maximum atomic E-state index is 9.17. The van der Waals surface area contributed by atoms with Crippen molar-refractivity contribution in [2.45, 2.75) is 27.2 Å². The normalized spacial score (nSPS) is 6.10. The van der Waals surface area contributed by atoms with E-state index in [-0.39, 0.29) is 13.2 Å². The summed E-state index contributed by atoms with van der Waals surface area (Å²) in [5, 5.41) is 15.1. The first-order valence-electron chi connectivity index (χ1n) is 3.40. The van der Waals surface area contributed by atoms with Crippen molar-refractivity contribution in [1.82, 2.24) is 0 Å². The van der Waals surface area contributed by atoms with E-state index in [4.69, 9.17) is 10.2 Å². The van der Waals surface area contributed by atoms with Gasteiger partial charge in [0.25, 0.3) is 0 Å². The molecule has 0 aliphatic rings. The topological polar surface area (TPSA) is 57.5 Å². The molecule has 0 saturated carbocycles. The van der Waals surface area contributed by atoms with Gasteiger partial charge in [-0.3, -0.25) is 0 Å². The minimum atomic E-state index is 0.250. The van der Waals surface area contributed by atoms with Gasteiger partial charge in [0, 0.05) is 19.6 Å². The van der Waals surface area contributed by atoms with Gasteiger partial charge in [0.1, 0.15) is 6.29 Å². The van der Waals surface area contributed by atoms with Crippen LogP contribution in [0, 0.1) is 0 Å².